The number of nitrogens with zero attached hydrogens (tertiary/aromatic N) is 2. The largest absolute Gasteiger partial charge is 0.481 e. The first-order chi connectivity index (χ1) is 5.89. The van der Waals surface area contributed by atoms with Gasteiger partial charge in [0.25, 0.3) is 5.82 Å². The van der Waals surface area contributed by atoms with E-state index in [9.17, 15) is 18.0 Å². The van der Waals surface area contributed by atoms with Gasteiger partial charge in [-0.3, -0.25) is 4.79 Å². The Balaban J connectivity index is 2.81. The van der Waals surface area contributed by atoms with Gasteiger partial charge in [0.05, 0.1) is 0 Å². The molecule has 1 heterocycles. The van der Waals surface area contributed by atoms with Crippen molar-refractivity contribution in [2.45, 2.75) is 12.6 Å². The number of rotatable bonds is 2. The topological polar surface area (TPSA) is 76.2 Å². The minimum absolute atomic E-state index is 0.570. The van der Waals surface area contributed by atoms with Gasteiger partial charge in [0.15, 0.2) is 0 Å². The van der Waals surface area contributed by atoms with E-state index in [0.29, 0.717) is 0 Å². The third-order valence-corrected chi connectivity index (χ3v) is 1.02. The number of aromatic nitrogens is 2. The van der Waals surface area contributed by atoms with Crippen molar-refractivity contribution in [3.05, 3.63) is 11.7 Å². The van der Waals surface area contributed by atoms with Crippen LogP contribution in [0.4, 0.5) is 13.2 Å². The summed E-state index contributed by atoms with van der Waals surface area (Å²) in [6.45, 7) is 0. The fraction of sp³-hybridized carbons (Fsp3) is 0.400. The molecule has 0 aliphatic heterocycles. The van der Waals surface area contributed by atoms with Gasteiger partial charge in [-0.25, -0.2) is 0 Å². The first-order valence-corrected chi connectivity index (χ1v) is 3.01. The van der Waals surface area contributed by atoms with Crippen molar-refractivity contribution in [2.24, 2.45) is 0 Å². The number of aliphatic carboxylic acids is 1. The van der Waals surface area contributed by atoms with E-state index in [1.54, 1.807) is 0 Å². The number of hydrogen-bond acceptors (Lipinski definition) is 4. The van der Waals surface area contributed by atoms with E-state index < -0.39 is 30.3 Å². The van der Waals surface area contributed by atoms with Gasteiger partial charge in [-0.1, -0.05) is 5.16 Å². The van der Waals surface area contributed by atoms with Crippen LogP contribution in [0.5, 0.6) is 0 Å². The third-order valence-electron chi connectivity index (χ3n) is 1.02. The molecule has 0 aliphatic carbocycles. The SMILES string of the molecule is O=C(O)Cc1nc(C(F)(F)F)no1. The van der Waals surface area contributed by atoms with Gasteiger partial charge < -0.3 is 9.63 Å². The Morgan fingerprint density at radius 2 is 2.15 bits per heavy atom. The van der Waals surface area contributed by atoms with Crippen molar-refractivity contribution in [3.63, 3.8) is 0 Å². The normalized spacial score (nSPS) is 11.6. The Kier molecular flexibility index (Phi) is 2.22. The fourth-order valence-corrected chi connectivity index (χ4v) is 0.571. The Hall–Kier alpha value is -1.60. The van der Waals surface area contributed by atoms with Crippen LogP contribution in [0.15, 0.2) is 4.52 Å². The van der Waals surface area contributed by atoms with Crippen molar-refractivity contribution >= 4 is 5.97 Å². The molecule has 0 atom stereocenters. The molecule has 0 bridgehead atoms. The molecule has 5 nitrogen and oxygen atoms in total. The van der Waals surface area contributed by atoms with Gasteiger partial charge in [0.2, 0.25) is 5.89 Å². The second-order valence-electron chi connectivity index (χ2n) is 2.08. The number of hydrogen-bond donors (Lipinski definition) is 1. The first kappa shape index (κ1) is 9.49. The number of alkyl halides is 3. The van der Waals surface area contributed by atoms with Crippen molar-refractivity contribution in [2.75, 3.05) is 0 Å². The molecular formula is C5H3F3N2O3. The molecule has 1 aromatic rings. The van der Waals surface area contributed by atoms with Crippen molar-refractivity contribution in [3.8, 4) is 0 Å². The predicted molar refractivity (Wildman–Crippen MR) is 30.6 cm³/mol. The highest BCUT2D eigenvalue weighted by Crippen LogP contribution is 2.26. The van der Waals surface area contributed by atoms with Crippen LogP contribution < -0.4 is 0 Å². The van der Waals surface area contributed by atoms with E-state index in [2.05, 4.69) is 14.7 Å². The summed E-state index contributed by atoms with van der Waals surface area (Å²) in [4.78, 5) is 12.9. The number of halogens is 3. The Morgan fingerprint density at radius 3 is 2.54 bits per heavy atom. The maximum absolute atomic E-state index is 11.8. The minimum atomic E-state index is -4.71. The van der Waals surface area contributed by atoms with Crippen LogP contribution >= 0.6 is 0 Å². The van der Waals surface area contributed by atoms with Gasteiger partial charge in [-0.2, -0.15) is 18.2 Å². The van der Waals surface area contributed by atoms with Gasteiger partial charge in [-0.05, 0) is 0 Å². The Labute approximate surface area is 69.2 Å². The van der Waals surface area contributed by atoms with Crippen LogP contribution in [0.3, 0.4) is 0 Å². The highest BCUT2D eigenvalue weighted by atomic mass is 19.4. The zero-order valence-electron chi connectivity index (χ0n) is 6.00. The molecule has 0 fully saturated rings. The quantitative estimate of drug-likeness (QED) is 0.753. The summed E-state index contributed by atoms with van der Waals surface area (Å²) < 4.78 is 39.5. The van der Waals surface area contributed by atoms with Crippen LogP contribution in [0.1, 0.15) is 11.7 Å². The summed E-state index contributed by atoms with van der Waals surface area (Å²) in [5, 5.41) is 10.7. The molecule has 13 heavy (non-hydrogen) atoms. The summed E-state index contributed by atoms with van der Waals surface area (Å²) in [5.74, 6) is -3.37. The van der Waals surface area contributed by atoms with Gasteiger partial charge >= 0.3 is 12.1 Å². The Morgan fingerprint density at radius 1 is 1.54 bits per heavy atom. The van der Waals surface area contributed by atoms with E-state index in [1.807, 2.05) is 0 Å². The van der Waals surface area contributed by atoms with E-state index in [-0.39, 0.29) is 0 Å². The number of carbonyl (C=O) groups is 1. The monoisotopic (exact) mass is 196 g/mol. The molecule has 0 saturated carbocycles. The second kappa shape index (κ2) is 3.04. The molecule has 0 aliphatic rings. The van der Waals surface area contributed by atoms with Crippen LogP contribution in [0.2, 0.25) is 0 Å². The van der Waals surface area contributed by atoms with Crippen LogP contribution in [0, 0.1) is 0 Å². The lowest BCUT2D eigenvalue weighted by atomic mass is 10.4. The molecule has 0 unspecified atom stereocenters. The average Bonchev–Trinajstić information content (AvgIpc) is 2.32. The van der Waals surface area contributed by atoms with E-state index in [4.69, 9.17) is 5.11 Å². The highest BCUT2D eigenvalue weighted by molar-refractivity contribution is 5.68. The molecule has 0 radical (unpaired) electrons. The summed E-state index contributed by atoms with van der Waals surface area (Å²) in [6, 6.07) is 0. The van der Waals surface area contributed by atoms with Gasteiger partial charge in [0.1, 0.15) is 6.42 Å². The van der Waals surface area contributed by atoms with Crippen LogP contribution in [-0.4, -0.2) is 21.2 Å². The summed E-state index contributed by atoms with van der Waals surface area (Å²) in [5.41, 5.74) is 0. The van der Waals surface area contributed by atoms with E-state index in [1.165, 1.54) is 0 Å². The smallest absolute Gasteiger partial charge is 0.455 e. The lowest BCUT2D eigenvalue weighted by Gasteiger charge is -1.95. The summed E-state index contributed by atoms with van der Waals surface area (Å²) in [7, 11) is 0. The maximum atomic E-state index is 11.8. The molecule has 0 saturated heterocycles. The predicted octanol–water partition coefficient (Wildman–Crippen LogP) is 0.716. The van der Waals surface area contributed by atoms with Crippen molar-refractivity contribution in [1.29, 1.82) is 0 Å². The maximum Gasteiger partial charge on any atom is 0.455 e. The number of carboxylic acids is 1. The molecule has 72 valence electrons. The first-order valence-electron chi connectivity index (χ1n) is 3.01. The molecule has 0 spiro atoms. The Bertz CT molecular complexity index is 319. The zero-order chi connectivity index (χ0) is 10.1. The molecule has 0 amide bonds. The number of carboxylic acid groups (broad SMARTS) is 1. The molecular weight excluding hydrogens is 193 g/mol. The van der Waals surface area contributed by atoms with Crippen LogP contribution in [-0.2, 0) is 17.4 Å². The van der Waals surface area contributed by atoms with Gasteiger partial charge in [0, 0.05) is 0 Å². The molecule has 1 N–H and O–H groups in total. The van der Waals surface area contributed by atoms with Crippen molar-refractivity contribution < 1.29 is 27.6 Å². The molecule has 8 heteroatoms. The van der Waals surface area contributed by atoms with E-state index >= 15 is 0 Å². The fourth-order valence-electron chi connectivity index (χ4n) is 0.571. The summed E-state index contributed by atoms with van der Waals surface area (Å²) >= 11 is 0. The van der Waals surface area contributed by atoms with Crippen molar-refractivity contribution in [1.82, 2.24) is 10.1 Å². The molecule has 1 rings (SSSR count). The lowest BCUT2D eigenvalue weighted by Crippen LogP contribution is -2.08. The standard InChI is InChI=1S/C5H3F3N2O3/c6-5(7,8)4-9-2(13-10-4)1-3(11)12/h1H2,(H,11,12). The highest BCUT2D eigenvalue weighted by Gasteiger charge is 2.37. The average molecular weight is 196 g/mol. The van der Waals surface area contributed by atoms with Crippen LogP contribution in [0.25, 0.3) is 0 Å². The van der Waals surface area contributed by atoms with Gasteiger partial charge in [-0.15, -0.1) is 0 Å². The van der Waals surface area contributed by atoms with E-state index in [0.717, 1.165) is 0 Å². The second-order valence-corrected chi connectivity index (χ2v) is 2.08. The minimum Gasteiger partial charge on any atom is -0.481 e. The summed E-state index contributed by atoms with van der Waals surface area (Å²) in [6.07, 6.45) is -5.43. The molecule has 0 aromatic carbocycles. The third kappa shape index (κ3) is 2.42. The zero-order valence-corrected chi connectivity index (χ0v) is 6.00. The molecule has 1 aromatic heterocycles. The lowest BCUT2D eigenvalue weighted by molar-refractivity contribution is -0.146.